The van der Waals surface area contributed by atoms with Gasteiger partial charge in [-0.2, -0.15) is 9.97 Å². The number of thiazole rings is 1. The Morgan fingerprint density at radius 3 is 2.71 bits per heavy atom. The largest absolute Gasteiger partial charge is 0.481 e. The predicted molar refractivity (Wildman–Crippen MR) is 129 cm³/mol. The molecule has 4 rings (SSSR count). The molecule has 11 nitrogen and oxygen atoms in total. The molecule has 2 N–H and O–H groups in total. The van der Waals surface area contributed by atoms with E-state index in [0.717, 1.165) is 42.9 Å². The fourth-order valence-corrected chi connectivity index (χ4v) is 5.34. The minimum absolute atomic E-state index is 0.0746. The third-order valence-electron chi connectivity index (χ3n) is 6.16. The van der Waals surface area contributed by atoms with Crippen LogP contribution >= 0.6 is 11.3 Å². The maximum absolute atomic E-state index is 12.5. The highest BCUT2D eigenvalue weighted by molar-refractivity contribution is 7.15. The van der Waals surface area contributed by atoms with Gasteiger partial charge in [-0.15, -0.1) is 0 Å². The minimum atomic E-state index is -0.360. The summed E-state index contributed by atoms with van der Waals surface area (Å²) < 4.78 is 10.4. The number of nitrogens with one attached hydrogen (secondary N) is 2. The van der Waals surface area contributed by atoms with Gasteiger partial charge in [0, 0.05) is 49.0 Å². The fraction of sp³-hybridized carbons (Fsp3) is 0.591. The number of carbonyl (C=O) groups excluding carboxylic acids is 2. The molecule has 0 radical (unpaired) electrons. The van der Waals surface area contributed by atoms with E-state index in [4.69, 9.17) is 9.47 Å². The van der Waals surface area contributed by atoms with Crippen molar-refractivity contribution in [2.24, 2.45) is 0 Å². The van der Waals surface area contributed by atoms with Crippen molar-refractivity contribution >= 4 is 34.2 Å². The van der Waals surface area contributed by atoms with E-state index in [1.54, 1.807) is 13.2 Å². The summed E-state index contributed by atoms with van der Waals surface area (Å²) in [6, 6.07) is 1.66. The lowest BCUT2D eigenvalue weighted by molar-refractivity contribution is -0.134. The third-order valence-corrected chi connectivity index (χ3v) is 7.16. The first kappa shape index (κ1) is 24.0. The summed E-state index contributed by atoms with van der Waals surface area (Å²) in [6.07, 6.45) is 3.05. The molecule has 2 aliphatic rings. The highest BCUT2D eigenvalue weighted by atomic mass is 32.1. The van der Waals surface area contributed by atoms with Crippen molar-refractivity contribution in [3.8, 4) is 11.9 Å². The van der Waals surface area contributed by atoms with Crippen LogP contribution in [0.2, 0.25) is 0 Å². The Bertz CT molecular complexity index is 1040. The van der Waals surface area contributed by atoms with Crippen molar-refractivity contribution < 1.29 is 19.1 Å². The summed E-state index contributed by atoms with van der Waals surface area (Å²) in [7, 11) is 3.07. The number of rotatable bonds is 7. The molecule has 34 heavy (non-hydrogen) atoms. The van der Waals surface area contributed by atoms with Crippen molar-refractivity contribution in [1.82, 2.24) is 25.2 Å². The first-order valence-corrected chi connectivity index (χ1v) is 12.2. The highest BCUT2D eigenvalue weighted by Gasteiger charge is 2.34. The minimum Gasteiger partial charge on any atom is -0.481 e. The maximum atomic E-state index is 12.5. The number of methoxy groups -OCH3 is 2. The molecule has 0 saturated carbocycles. The van der Waals surface area contributed by atoms with Gasteiger partial charge in [0.2, 0.25) is 11.8 Å². The van der Waals surface area contributed by atoms with Crippen LogP contribution in [0.4, 0.5) is 15.7 Å². The van der Waals surface area contributed by atoms with Gasteiger partial charge in [0.15, 0.2) is 5.13 Å². The Balaban J connectivity index is 1.30. The number of likely N-dealkylation sites (tertiary alicyclic amines) is 1. The lowest BCUT2D eigenvalue weighted by Crippen LogP contribution is -2.44. The summed E-state index contributed by atoms with van der Waals surface area (Å²) in [5.41, 5.74) is 0.867. The van der Waals surface area contributed by atoms with Gasteiger partial charge < -0.3 is 24.6 Å². The first-order chi connectivity index (χ1) is 16.3. The highest BCUT2D eigenvalue weighted by Crippen LogP contribution is 2.32. The average molecular weight is 490 g/mol. The van der Waals surface area contributed by atoms with Gasteiger partial charge in [-0.3, -0.25) is 10.1 Å². The topological polar surface area (TPSA) is 122 Å². The molecule has 1 saturated heterocycles. The van der Waals surface area contributed by atoms with E-state index in [0.29, 0.717) is 23.4 Å². The SMILES string of the molecule is COc1cc(N2CCc3nc(NC(=O)NCCC(=O)N4CCCC4(C)C)sc3C2)nc(OC)n1. The van der Waals surface area contributed by atoms with E-state index in [1.165, 1.54) is 18.4 Å². The number of ether oxygens (including phenoxy) is 2. The molecule has 0 spiro atoms. The standard InChI is InChI=1S/C22H31N7O4S/c1-22(2)8-5-10-29(22)18(30)6-9-23-19(31)27-21-24-14-7-11-28(13-15(14)34-21)16-12-17(32-3)26-20(25-16)33-4/h12H,5-11,13H2,1-4H3,(H2,23,24,27,31). The predicted octanol–water partition coefficient (Wildman–Crippen LogP) is 2.43. The molecule has 184 valence electrons. The maximum Gasteiger partial charge on any atom is 0.321 e. The number of nitrogens with zero attached hydrogens (tertiary/aromatic N) is 5. The quantitative estimate of drug-likeness (QED) is 0.608. The Hall–Kier alpha value is -3.15. The van der Waals surface area contributed by atoms with Gasteiger partial charge in [-0.05, 0) is 26.7 Å². The van der Waals surface area contributed by atoms with Crippen molar-refractivity contribution in [3.05, 3.63) is 16.6 Å². The van der Waals surface area contributed by atoms with E-state index in [-0.39, 0.29) is 36.5 Å². The molecule has 0 aromatic carbocycles. The van der Waals surface area contributed by atoms with Gasteiger partial charge >= 0.3 is 12.0 Å². The van der Waals surface area contributed by atoms with Crippen LogP contribution in [0.1, 0.15) is 43.7 Å². The lowest BCUT2D eigenvalue weighted by atomic mass is 10.0. The van der Waals surface area contributed by atoms with E-state index in [1.807, 2.05) is 4.90 Å². The molecule has 0 bridgehead atoms. The molecular weight excluding hydrogens is 458 g/mol. The molecule has 0 atom stereocenters. The number of anilines is 2. The lowest BCUT2D eigenvalue weighted by Gasteiger charge is -2.31. The van der Waals surface area contributed by atoms with Crippen LogP contribution in [-0.4, -0.2) is 71.2 Å². The first-order valence-electron chi connectivity index (χ1n) is 11.3. The number of aromatic nitrogens is 3. The molecule has 2 aromatic heterocycles. The second-order valence-corrected chi connectivity index (χ2v) is 9.99. The van der Waals surface area contributed by atoms with Crippen molar-refractivity contribution in [1.29, 1.82) is 0 Å². The molecule has 0 unspecified atom stereocenters. The number of urea groups is 1. The van der Waals surface area contributed by atoms with Crippen LogP contribution in [0.25, 0.3) is 0 Å². The van der Waals surface area contributed by atoms with E-state index in [2.05, 4.69) is 44.3 Å². The molecule has 2 aromatic rings. The van der Waals surface area contributed by atoms with Gasteiger partial charge in [-0.1, -0.05) is 11.3 Å². The zero-order valence-corrected chi connectivity index (χ0v) is 20.8. The third kappa shape index (κ3) is 5.32. The molecule has 4 heterocycles. The number of fused-ring (bicyclic) bond motifs is 1. The number of hydrogen-bond acceptors (Lipinski definition) is 9. The summed E-state index contributed by atoms with van der Waals surface area (Å²) in [5, 5.41) is 6.10. The Labute approximate surface area is 202 Å². The molecular formula is C22H31N7O4S. The summed E-state index contributed by atoms with van der Waals surface area (Å²) >= 11 is 1.44. The van der Waals surface area contributed by atoms with Crippen LogP contribution < -0.4 is 25.0 Å². The molecule has 12 heteroatoms. The fourth-order valence-electron chi connectivity index (χ4n) is 4.32. The molecule has 2 aliphatic heterocycles. The zero-order valence-electron chi connectivity index (χ0n) is 20.0. The van der Waals surface area contributed by atoms with Gasteiger partial charge in [0.05, 0.1) is 26.5 Å². The van der Waals surface area contributed by atoms with Crippen molar-refractivity contribution in [2.75, 3.05) is 44.1 Å². The molecule has 3 amide bonds. The van der Waals surface area contributed by atoms with Crippen molar-refractivity contribution in [2.45, 2.75) is 51.6 Å². The Morgan fingerprint density at radius 2 is 2.00 bits per heavy atom. The van der Waals surface area contributed by atoms with Gasteiger partial charge in [0.1, 0.15) is 5.82 Å². The molecule has 1 fully saturated rings. The van der Waals surface area contributed by atoms with Gasteiger partial charge in [-0.25, -0.2) is 9.78 Å². The Kier molecular flexibility index (Phi) is 7.05. The molecule has 0 aliphatic carbocycles. The summed E-state index contributed by atoms with van der Waals surface area (Å²) in [4.78, 5) is 43.0. The van der Waals surface area contributed by atoms with Crippen LogP contribution in [0, 0.1) is 0 Å². The van der Waals surface area contributed by atoms with Gasteiger partial charge in [0.25, 0.3) is 0 Å². The van der Waals surface area contributed by atoms with E-state index >= 15 is 0 Å². The van der Waals surface area contributed by atoms with Crippen molar-refractivity contribution in [3.63, 3.8) is 0 Å². The monoisotopic (exact) mass is 489 g/mol. The van der Waals surface area contributed by atoms with Crippen LogP contribution in [0.5, 0.6) is 11.9 Å². The Morgan fingerprint density at radius 1 is 1.18 bits per heavy atom. The van der Waals surface area contributed by atoms with Crippen LogP contribution in [0.3, 0.4) is 0 Å². The van der Waals surface area contributed by atoms with Crippen LogP contribution in [0.15, 0.2) is 6.07 Å². The summed E-state index contributed by atoms with van der Waals surface area (Å²) in [5.74, 6) is 1.22. The van der Waals surface area contributed by atoms with E-state index < -0.39 is 0 Å². The second-order valence-electron chi connectivity index (χ2n) is 8.91. The number of hydrogen-bond donors (Lipinski definition) is 2. The normalized spacial score (nSPS) is 16.7. The smallest absolute Gasteiger partial charge is 0.321 e. The van der Waals surface area contributed by atoms with E-state index in [9.17, 15) is 9.59 Å². The summed E-state index contributed by atoms with van der Waals surface area (Å²) in [6.45, 7) is 6.57. The number of amides is 3. The number of carbonyl (C=O) groups is 2. The average Bonchev–Trinajstić information content (AvgIpc) is 3.39. The second kappa shape index (κ2) is 10.00. The van der Waals surface area contributed by atoms with Crippen LogP contribution in [-0.2, 0) is 17.8 Å². The zero-order chi connectivity index (χ0) is 24.3.